The first kappa shape index (κ1) is 19.4. The van der Waals surface area contributed by atoms with Gasteiger partial charge in [-0.1, -0.05) is 68.9 Å². The van der Waals surface area contributed by atoms with Crippen LogP contribution < -0.4 is 5.32 Å². The van der Waals surface area contributed by atoms with Crippen LogP contribution in [0.2, 0.25) is 0 Å². The van der Waals surface area contributed by atoms with Gasteiger partial charge in [-0.25, -0.2) is 4.98 Å². The minimum atomic E-state index is -0.182. The van der Waals surface area contributed by atoms with Gasteiger partial charge in [0.05, 0.1) is 15.8 Å². The van der Waals surface area contributed by atoms with Crippen molar-refractivity contribution in [2.24, 2.45) is 0 Å². The maximum atomic E-state index is 12.9. The molecule has 1 unspecified atom stereocenters. The van der Waals surface area contributed by atoms with Gasteiger partial charge < -0.3 is 5.32 Å². The average molecular weight is 379 g/mol. The monoisotopic (exact) mass is 378 g/mol. The molecule has 0 fully saturated rings. The molecule has 0 saturated carbocycles. The Balaban J connectivity index is 1.80. The molecular formula is C23H26N2OS. The van der Waals surface area contributed by atoms with Crippen LogP contribution in [0.5, 0.6) is 0 Å². The second kappa shape index (κ2) is 8.57. The van der Waals surface area contributed by atoms with Gasteiger partial charge in [0.15, 0.2) is 0 Å². The van der Waals surface area contributed by atoms with Crippen molar-refractivity contribution in [1.29, 1.82) is 0 Å². The third kappa shape index (κ3) is 4.51. The summed E-state index contributed by atoms with van der Waals surface area (Å²) in [5.41, 5.74) is 4.22. The van der Waals surface area contributed by atoms with Crippen LogP contribution in [0.4, 0.5) is 5.69 Å². The second-order valence-corrected chi connectivity index (χ2v) is 8.26. The van der Waals surface area contributed by atoms with Crippen molar-refractivity contribution >= 4 is 34.3 Å². The van der Waals surface area contributed by atoms with Crippen molar-refractivity contribution in [3.05, 3.63) is 65.7 Å². The number of nitrogens with one attached hydrogen (secondary N) is 1. The molecule has 1 N–H and O–H groups in total. The number of aromatic nitrogens is 1. The number of amides is 1. The predicted molar refractivity (Wildman–Crippen MR) is 116 cm³/mol. The number of fused-ring (bicyclic) bond motifs is 1. The van der Waals surface area contributed by atoms with Gasteiger partial charge in [0.2, 0.25) is 5.91 Å². The van der Waals surface area contributed by atoms with Crippen molar-refractivity contribution in [1.82, 2.24) is 4.98 Å². The zero-order valence-electron chi connectivity index (χ0n) is 16.3. The van der Waals surface area contributed by atoms with Gasteiger partial charge in [-0.05, 0) is 48.6 Å². The number of carbonyl (C=O) groups is 1. The highest BCUT2D eigenvalue weighted by Crippen LogP contribution is 2.30. The van der Waals surface area contributed by atoms with Crippen LogP contribution in [0.15, 0.2) is 59.6 Å². The summed E-state index contributed by atoms with van der Waals surface area (Å²) in [6.07, 6.45) is 0.744. The summed E-state index contributed by atoms with van der Waals surface area (Å²) in [7, 11) is 0. The van der Waals surface area contributed by atoms with Gasteiger partial charge in [-0.15, -0.1) is 0 Å². The Labute approximate surface area is 165 Å². The first-order valence-electron chi connectivity index (χ1n) is 9.42. The van der Waals surface area contributed by atoms with Crippen molar-refractivity contribution in [3.63, 3.8) is 0 Å². The molecule has 3 nitrogen and oxygen atoms in total. The van der Waals surface area contributed by atoms with E-state index in [1.807, 2.05) is 43.3 Å². The summed E-state index contributed by atoms with van der Waals surface area (Å²) in [5, 5.41) is 5.00. The number of anilines is 1. The lowest BCUT2D eigenvalue weighted by Gasteiger charge is -2.18. The van der Waals surface area contributed by atoms with E-state index >= 15 is 0 Å². The highest BCUT2D eigenvalue weighted by atomic mass is 32.2. The molecule has 0 aliphatic rings. The standard InChI is InChI=1S/C23H26N2OS/c1-5-21(23(26)25-19-12-8-6-10-17(19)15(2)3)27-22-14-16(4)18-11-7-9-13-20(18)24-22/h6-15,21H,5H2,1-4H3,(H,25,26). The number of carbonyl (C=O) groups excluding carboxylic acids is 1. The van der Waals surface area contributed by atoms with Crippen LogP contribution in [-0.4, -0.2) is 16.1 Å². The summed E-state index contributed by atoms with van der Waals surface area (Å²) in [6, 6.07) is 18.2. The van der Waals surface area contributed by atoms with Crippen molar-refractivity contribution in [2.75, 3.05) is 5.32 Å². The molecule has 4 heteroatoms. The Kier molecular flexibility index (Phi) is 6.17. The Morgan fingerprint density at radius 1 is 1.11 bits per heavy atom. The van der Waals surface area contributed by atoms with Crippen LogP contribution in [-0.2, 0) is 4.79 Å². The Morgan fingerprint density at radius 2 is 1.81 bits per heavy atom. The lowest BCUT2D eigenvalue weighted by atomic mass is 10.0. The number of pyridine rings is 1. The van der Waals surface area contributed by atoms with E-state index in [4.69, 9.17) is 4.98 Å². The summed E-state index contributed by atoms with van der Waals surface area (Å²) >= 11 is 1.54. The van der Waals surface area contributed by atoms with E-state index in [-0.39, 0.29) is 11.2 Å². The van der Waals surface area contributed by atoms with E-state index in [2.05, 4.69) is 44.3 Å². The highest BCUT2D eigenvalue weighted by Gasteiger charge is 2.20. The van der Waals surface area contributed by atoms with Gasteiger partial charge in [0.1, 0.15) is 0 Å². The molecular weight excluding hydrogens is 352 g/mol. The number of nitrogens with zero attached hydrogens (tertiary/aromatic N) is 1. The van der Waals surface area contributed by atoms with Crippen LogP contribution >= 0.6 is 11.8 Å². The van der Waals surface area contributed by atoms with E-state index in [0.29, 0.717) is 5.92 Å². The average Bonchev–Trinajstić information content (AvgIpc) is 2.66. The number of hydrogen-bond acceptors (Lipinski definition) is 3. The van der Waals surface area contributed by atoms with Crippen LogP contribution in [0.1, 0.15) is 44.2 Å². The minimum Gasteiger partial charge on any atom is -0.325 e. The molecule has 1 amide bonds. The topological polar surface area (TPSA) is 42.0 Å². The number of thioether (sulfide) groups is 1. The summed E-state index contributed by atoms with van der Waals surface area (Å²) in [6.45, 7) is 8.41. The van der Waals surface area contributed by atoms with Gasteiger partial charge in [0.25, 0.3) is 0 Å². The predicted octanol–water partition coefficient (Wildman–Crippen LogP) is 6.18. The molecule has 0 bridgehead atoms. The molecule has 3 rings (SSSR count). The summed E-state index contributed by atoms with van der Waals surface area (Å²) in [4.78, 5) is 17.7. The van der Waals surface area contributed by atoms with Gasteiger partial charge in [-0.2, -0.15) is 0 Å². The van der Waals surface area contributed by atoms with E-state index in [1.54, 1.807) is 0 Å². The normalized spacial score (nSPS) is 12.3. The number of para-hydroxylation sites is 2. The molecule has 0 spiro atoms. The minimum absolute atomic E-state index is 0.0308. The summed E-state index contributed by atoms with van der Waals surface area (Å²) < 4.78 is 0. The highest BCUT2D eigenvalue weighted by molar-refractivity contribution is 8.00. The SMILES string of the molecule is CCC(Sc1cc(C)c2ccccc2n1)C(=O)Nc1ccccc1C(C)C. The number of benzene rings is 2. The fourth-order valence-corrected chi connectivity index (χ4v) is 4.19. The Hall–Kier alpha value is -2.33. The lowest BCUT2D eigenvalue weighted by Crippen LogP contribution is -2.25. The van der Waals surface area contributed by atoms with E-state index in [9.17, 15) is 4.79 Å². The van der Waals surface area contributed by atoms with Gasteiger partial charge in [0, 0.05) is 11.1 Å². The van der Waals surface area contributed by atoms with E-state index in [0.717, 1.165) is 33.6 Å². The number of aryl methyl sites for hydroxylation is 1. The molecule has 0 radical (unpaired) electrons. The van der Waals surface area contributed by atoms with Crippen molar-refractivity contribution < 1.29 is 4.79 Å². The molecule has 1 heterocycles. The largest absolute Gasteiger partial charge is 0.325 e. The molecule has 0 aliphatic carbocycles. The molecule has 0 aliphatic heterocycles. The van der Waals surface area contributed by atoms with Crippen LogP contribution in [0, 0.1) is 6.92 Å². The molecule has 2 aromatic carbocycles. The fraction of sp³-hybridized carbons (Fsp3) is 0.304. The molecule has 27 heavy (non-hydrogen) atoms. The van der Waals surface area contributed by atoms with Crippen molar-refractivity contribution in [2.45, 2.75) is 50.3 Å². The third-order valence-electron chi connectivity index (χ3n) is 4.67. The van der Waals surface area contributed by atoms with Crippen LogP contribution in [0.25, 0.3) is 10.9 Å². The van der Waals surface area contributed by atoms with Crippen molar-refractivity contribution in [3.8, 4) is 0 Å². The maximum Gasteiger partial charge on any atom is 0.237 e. The lowest BCUT2D eigenvalue weighted by molar-refractivity contribution is -0.115. The molecule has 1 aromatic heterocycles. The zero-order valence-corrected chi connectivity index (χ0v) is 17.1. The number of hydrogen-bond donors (Lipinski definition) is 1. The maximum absolute atomic E-state index is 12.9. The quantitative estimate of drug-likeness (QED) is 0.521. The first-order chi connectivity index (χ1) is 13.0. The third-order valence-corrected chi connectivity index (χ3v) is 5.95. The first-order valence-corrected chi connectivity index (χ1v) is 10.3. The second-order valence-electron chi connectivity index (χ2n) is 7.04. The van der Waals surface area contributed by atoms with E-state index in [1.165, 1.54) is 17.3 Å². The Morgan fingerprint density at radius 3 is 2.56 bits per heavy atom. The fourth-order valence-electron chi connectivity index (χ4n) is 3.17. The van der Waals surface area contributed by atoms with Gasteiger partial charge >= 0.3 is 0 Å². The molecule has 3 aromatic rings. The van der Waals surface area contributed by atoms with Gasteiger partial charge in [-0.3, -0.25) is 4.79 Å². The van der Waals surface area contributed by atoms with E-state index < -0.39 is 0 Å². The van der Waals surface area contributed by atoms with Crippen LogP contribution in [0.3, 0.4) is 0 Å². The Bertz CT molecular complexity index is 952. The number of rotatable bonds is 6. The summed E-state index contributed by atoms with van der Waals surface area (Å²) in [5.74, 6) is 0.391. The molecule has 1 atom stereocenters. The smallest absolute Gasteiger partial charge is 0.237 e. The molecule has 140 valence electrons. The zero-order chi connectivity index (χ0) is 19.4. The molecule has 0 saturated heterocycles.